The maximum atomic E-state index is 12.3. The molecule has 0 aliphatic heterocycles. The lowest BCUT2D eigenvalue weighted by Gasteiger charge is -2.09. The van der Waals surface area contributed by atoms with Crippen molar-refractivity contribution >= 4 is 29.0 Å². The summed E-state index contributed by atoms with van der Waals surface area (Å²) in [6.45, 7) is 1.87. The van der Waals surface area contributed by atoms with Gasteiger partial charge >= 0.3 is 6.03 Å². The fraction of sp³-hybridized carbons (Fsp3) is 0.200. The Kier molecular flexibility index (Phi) is 5.98. The van der Waals surface area contributed by atoms with Crippen LogP contribution in [0.25, 0.3) is 0 Å². The normalized spacial score (nSPS) is 10.5. The largest absolute Gasteiger partial charge is 0.497 e. The lowest BCUT2D eigenvalue weighted by atomic mass is 10.1. The number of rotatable bonds is 6. The first-order valence-corrected chi connectivity index (χ1v) is 8.93. The van der Waals surface area contributed by atoms with E-state index in [0.717, 1.165) is 23.6 Å². The van der Waals surface area contributed by atoms with Crippen molar-refractivity contribution in [2.45, 2.75) is 19.8 Å². The molecule has 0 bridgehead atoms. The van der Waals surface area contributed by atoms with E-state index < -0.39 is 0 Å². The predicted molar refractivity (Wildman–Crippen MR) is 108 cm³/mol. The van der Waals surface area contributed by atoms with Crippen LogP contribution in [-0.2, 0) is 12.8 Å². The number of ether oxygens (including phenoxy) is 1. The van der Waals surface area contributed by atoms with Crippen LogP contribution in [0.15, 0.2) is 48.5 Å². The third kappa shape index (κ3) is 5.01. The fourth-order valence-electron chi connectivity index (χ4n) is 2.72. The van der Waals surface area contributed by atoms with Crippen LogP contribution < -0.4 is 15.4 Å². The molecule has 3 rings (SSSR count). The highest BCUT2D eigenvalue weighted by atomic mass is 35.5. The van der Waals surface area contributed by atoms with Gasteiger partial charge in [0.25, 0.3) is 0 Å². The van der Waals surface area contributed by atoms with Crippen molar-refractivity contribution in [3.8, 4) is 5.75 Å². The second kappa shape index (κ2) is 8.60. The highest BCUT2D eigenvalue weighted by Crippen LogP contribution is 2.21. The van der Waals surface area contributed by atoms with Crippen LogP contribution in [-0.4, -0.2) is 23.3 Å². The summed E-state index contributed by atoms with van der Waals surface area (Å²) in [5.74, 6) is 0.828. The molecule has 140 valence electrons. The van der Waals surface area contributed by atoms with Crippen molar-refractivity contribution in [1.29, 1.82) is 0 Å². The Morgan fingerprint density at radius 1 is 1.15 bits per heavy atom. The maximum absolute atomic E-state index is 12.3. The number of carbonyl (C=O) groups is 1. The number of aromatic nitrogens is 2. The number of nitrogens with one attached hydrogen (secondary N) is 3. The van der Waals surface area contributed by atoms with Gasteiger partial charge in [0.2, 0.25) is 0 Å². The Bertz CT molecular complexity index is 922. The van der Waals surface area contributed by atoms with E-state index in [-0.39, 0.29) is 6.03 Å². The zero-order valence-electron chi connectivity index (χ0n) is 15.2. The molecule has 0 saturated heterocycles. The zero-order valence-corrected chi connectivity index (χ0v) is 15.9. The number of hydrogen-bond donors (Lipinski definition) is 3. The number of carbonyl (C=O) groups excluding carboxylic acids is 1. The minimum atomic E-state index is -0.340. The van der Waals surface area contributed by atoms with Gasteiger partial charge in [-0.25, -0.2) is 4.79 Å². The van der Waals surface area contributed by atoms with E-state index in [9.17, 15) is 4.79 Å². The highest BCUT2D eigenvalue weighted by Gasteiger charge is 2.13. The van der Waals surface area contributed by atoms with Crippen LogP contribution in [0.3, 0.4) is 0 Å². The van der Waals surface area contributed by atoms with Crippen molar-refractivity contribution in [3.63, 3.8) is 0 Å². The third-order valence-corrected chi connectivity index (χ3v) is 4.39. The molecule has 0 fully saturated rings. The Hall–Kier alpha value is -2.99. The number of methoxy groups -OCH3 is 1. The molecule has 3 N–H and O–H groups in total. The summed E-state index contributed by atoms with van der Waals surface area (Å²) in [5.41, 5.74) is 4.11. The van der Waals surface area contributed by atoms with E-state index in [1.54, 1.807) is 31.4 Å². The molecule has 0 saturated carbocycles. The third-order valence-electron chi connectivity index (χ3n) is 4.15. The van der Waals surface area contributed by atoms with Gasteiger partial charge in [-0.1, -0.05) is 29.8 Å². The molecule has 1 aromatic heterocycles. The number of H-pyrrole nitrogens is 1. The number of benzene rings is 2. The smallest absolute Gasteiger partial charge is 0.323 e. The summed E-state index contributed by atoms with van der Waals surface area (Å²) in [4.78, 5) is 12.3. The summed E-state index contributed by atoms with van der Waals surface area (Å²) in [6.07, 6.45) is 1.50. The fourth-order valence-corrected chi connectivity index (χ4v) is 2.91. The van der Waals surface area contributed by atoms with Crippen LogP contribution >= 0.6 is 11.6 Å². The molecule has 6 nitrogen and oxygen atoms in total. The van der Waals surface area contributed by atoms with Gasteiger partial charge in [0, 0.05) is 10.7 Å². The van der Waals surface area contributed by atoms with Gasteiger partial charge in [-0.05, 0) is 55.7 Å². The summed E-state index contributed by atoms with van der Waals surface area (Å²) in [5, 5.41) is 13.5. The van der Waals surface area contributed by atoms with Gasteiger partial charge in [0.1, 0.15) is 5.75 Å². The number of nitrogens with zero attached hydrogens (tertiary/aromatic N) is 1. The molecule has 27 heavy (non-hydrogen) atoms. The number of hydrogen-bond acceptors (Lipinski definition) is 3. The summed E-state index contributed by atoms with van der Waals surface area (Å²) >= 11 is 5.95. The van der Waals surface area contributed by atoms with E-state index in [1.807, 2.05) is 31.2 Å². The summed E-state index contributed by atoms with van der Waals surface area (Å²) in [6, 6.07) is 14.6. The molecule has 0 aliphatic rings. The monoisotopic (exact) mass is 384 g/mol. The van der Waals surface area contributed by atoms with E-state index in [2.05, 4.69) is 20.8 Å². The quantitative estimate of drug-likeness (QED) is 0.570. The van der Waals surface area contributed by atoms with Gasteiger partial charge in [-0.3, -0.25) is 5.10 Å². The summed E-state index contributed by atoms with van der Waals surface area (Å²) in [7, 11) is 1.65. The SMILES string of the molecule is COc1ccc(CCc2n[nH]c(C)c2NC(=O)Nc2cccc(Cl)c2)cc1. The first-order valence-electron chi connectivity index (χ1n) is 8.55. The standard InChI is InChI=1S/C20H21ClN4O2/c1-13-19(23-20(26)22-16-5-3-4-15(21)12-16)18(25-24-13)11-8-14-6-9-17(27-2)10-7-14/h3-7,9-10,12H,8,11H2,1-2H3,(H,24,25)(H2,22,23,26). The average molecular weight is 385 g/mol. The van der Waals surface area contributed by atoms with Crippen molar-refractivity contribution in [2.75, 3.05) is 17.7 Å². The molecule has 0 spiro atoms. The first-order chi connectivity index (χ1) is 13.0. The number of amides is 2. The Morgan fingerprint density at radius 3 is 2.63 bits per heavy atom. The first kappa shape index (κ1) is 18.8. The van der Waals surface area contributed by atoms with Gasteiger partial charge in [0.15, 0.2) is 0 Å². The van der Waals surface area contributed by atoms with Crippen molar-refractivity contribution < 1.29 is 9.53 Å². The number of aryl methyl sites for hydroxylation is 3. The van der Waals surface area contributed by atoms with Crippen LogP contribution in [0.2, 0.25) is 5.02 Å². The maximum Gasteiger partial charge on any atom is 0.323 e. The zero-order chi connectivity index (χ0) is 19.2. The molecule has 0 radical (unpaired) electrons. The van der Waals surface area contributed by atoms with Crippen LogP contribution in [0.4, 0.5) is 16.2 Å². The molecule has 1 heterocycles. The predicted octanol–water partition coefficient (Wildman–Crippen LogP) is 4.81. The average Bonchev–Trinajstić information content (AvgIpc) is 3.00. The van der Waals surface area contributed by atoms with Gasteiger partial charge < -0.3 is 15.4 Å². The second-order valence-electron chi connectivity index (χ2n) is 6.11. The van der Waals surface area contributed by atoms with Crippen molar-refractivity contribution in [3.05, 3.63) is 70.5 Å². The van der Waals surface area contributed by atoms with E-state index in [4.69, 9.17) is 16.3 Å². The summed E-state index contributed by atoms with van der Waals surface area (Å²) < 4.78 is 5.17. The Labute approximate surface area is 162 Å². The highest BCUT2D eigenvalue weighted by molar-refractivity contribution is 6.30. The Balaban J connectivity index is 1.64. The Morgan fingerprint density at radius 2 is 1.93 bits per heavy atom. The molecule has 3 aromatic rings. The molecular formula is C20H21ClN4O2. The molecule has 0 aliphatic carbocycles. The second-order valence-corrected chi connectivity index (χ2v) is 6.54. The minimum absolute atomic E-state index is 0.340. The number of aromatic amines is 1. The van der Waals surface area contributed by atoms with Crippen LogP contribution in [0.1, 0.15) is 17.0 Å². The molecule has 2 aromatic carbocycles. The van der Waals surface area contributed by atoms with E-state index >= 15 is 0 Å². The van der Waals surface area contributed by atoms with E-state index in [1.165, 1.54) is 5.56 Å². The molecule has 7 heteroatoms. The van der Waals surface area contributed by atoms with E-state index in [0.29, 0.717) is 22.8 Å². The van der Waals surface area contributed by atoms with Crippen LogP contribution in [0.5, 0.6) is 5.75 Å². The molecular weight excluding hydrogens is 364 g/mol. The van der Waals surface area contributed by atoms with Gasteiger partial charge in [-0.15, -0.1) is 0 Å². The molecule has 2 amide bonds. The lowest BCUT2D eigenvalue weighted by Crippen LogP contribution is -2.20. The van der Waals surface area contributed by atoms with Gasteiger partial charge in [0.05, 0.1) is 24.2 Å². The van der Waals surface area contributed by atoms with Crippen molar-refractivity contribution in [1.82, 2.24) is 10.2 Å². The lowest BCUT2D eigenvalue weighted by molar-refractivity contribution is 0.262. The molecule has 0 unspecified atom stereocenters. The number of anilines is 2. The van der Waals surface area contributed by atoms with Crippen LogP contribution in [0, 0.1) is 6.92 Å². The molecule has 0 atom stereocenters. The number of urea groups is 1. The minimum Gasteiger partial charge on any atom is -0.497 e. The van der Waals surface area contributed by atoms with Crippen molar-refractivity contribution in [2.24, 2.45) is 0 Å². The number of halogens is 1. The van der Waals surface area contributed by atoms with Gasteiger partial charge in [-0.2, -0.15) is 5.10 Å². The topological polar surface area (TPSA) is 79.0 Å².